The minimum absolute atomic E-state index is 0.693. The summed E-state index contributed by atoms with van der Waals surface area (Å²) in [5.41, 5.74) is 0.875. The third kappa shape index (κ3) is 2.90. The smallest absolute Gasteiger partial charge is 0.195 e. The van der Waals surface area contributed by atoms with E-state index in [0.29, 0.717) is 10.7 Å². The Kier molecular flexibility index (Phi) is 3.98. The molecular weight excluding hydrogens is 276 g/mol. The van der Waals surface area contributed by atoms with E-state index in [1.54, 1.807) is 6.20 Å². The van der Waals surface area contributed by atoms with Crippen molar-refractivity contribution >= 4 is 24.0 Å². The summed E-state index contributed by atoms with van der Waals surface area (Å²) >= 11 is 7.40. The summed E-state index contributed by atoms with van der Waals surface area (Å²) in [4.78, 5) is 4.36. The van der Waals surface area contributed by atoms with Crippen LogP contribution in [-0.4, -0.2) is 31.3 Å². The van der Waals surface area contributed by atoms with Crippen LogP contribution in [0.4, 0.5) is 0 Å². The fourth-order valence-electron chi connectivity index (χ4n) is 2.36. The molecule has 1 aliphatic heterocycles. The number of aromatic amines is 1. The van der Waals surface area contributed by atoms with Gasteiger partial charge in [-0.05, 0) is 54.6 Å². The second kappa shape index (κ2) is 5.88. The van der Waals surface area contributed by atoms with Crippen LogP contribution in [0.3, 0.4) is 0 Å². The summed E-state index contributed by atoms with van der Waals surface area (Å²) in [5, 5.41) is 7.23. The highest BCUT2D eigenvalue weighted by Gasteiger charge is 2.17. The second-order valence-corrected chi connectivity index (χ2v) is 6.35. The van der Waals surface area contributed by atoms with Crippen LogP contribution in [0.2, 0.25) is 0 Å². The molecule has 0 atom stereocenters. The summed E-state index contributed by atoms with van der Waals surface area (Å²) in [5.74, 6) is 4.07. The molecule has 0 spiro atoms. The molecule has 1 fully saturated rings. The molecule has 0 unspecified atom stereocenters. The zero-order valence-electron chi connectivity index (χ0n) is 10.6. The van der Waals surface area contributed by atoms with Gasteiger partial charge in [0.15, 0.2) is 10.6 Å². The maximum absolute atomic E-state index is 5.35. The molecule has 0 aromatic carbocycles. The van der Waals surface area contributed by atoms with Gasteiger partial charge < -0.3 is 0 Å². The molecule has 0 aliphatic carbocycles. The van der Waals surface area contributed by atoms with Crippen molar-refractivity contribution in [2.75, 3.05) is 11.5 Å². The van der Waals surface area contributed by atoms with Crippen LogP contribution < -0.4 is 0 Å². The van der Waals surface area contributed by atoms with Crippen LogP contribution in [0, 0.1) is 10.7 Å². The van der Waals surface area contributed by atoms with Crippen LogP contribution in [0.5, 0.6) is 0 Å². The summed E-state index contributed by atoms with van der Waals surface area (Å²) in [6.45, 7) is 0.946. The van der Waals surface area contributed by atoms with Crippen LogP contribution in [0.15, 0.2) is 24.4 Å². The highest BCUT2D eigenvalue weighted by Crippen LogP contribution is 2.25. The van der Waals surface area contributed by atoms with Gasteiger partial charge in [-0.2, -0.15) is 16.9 Å². The van der Waals surface area contributed by atoms with Crippen LogP contribution in [0.25, 0.3) is 11.5 Å². The minimum Gasteiger partial charge on any atom is -0.299 e. The first kappa shape index (κ1) is 12.9. The molecular formula is C13H16N4S2. The predicted molar refractivity (Wildman–Crippen MR) is 80.7 cm³/mol. The van der Waals surface area contributed by atoms with Crippen molar-refractivity contribution in [3.05, 3.63) is 29.2 Å². The maximum Gasteiger partial charge on any atom is 0.195 e. The van der Waals surface area contributed by atoms with Gasteiger partial charge in [0.1, 0.15) is 5.69 Å². The molecule has 0 radical (unpaired) electrons. The van der Waals surface area contributed by atoms with Crippen molar-refractivity contribution < 1.29 is 0 Å². The summed E-state index contributed by atoms with van der Waals surface area (Å²) < 4.78 is 2.79. The molecule has 100 valence electrons. The monoisotopic (exact) mass is 292 g/mol. The van der Waals surface area contributed by atoms with Crippen LogP contribution in [-0.2, 0) is 6.54 Å². The number of hydrogen-bond acceptors (Lipinski definition) is 4. The number of thioether (sulfide) groups is 1. The van der Waals surface area contributed by atoms with E-state index in [4.69, 9.17) is 12.2 Å². The Morgan fingerprint density at radius 1 is 1.37 bits per heavy atom. The first-order valence-corrected chi connectivity index (χ1v) is 8.05. The van der Waals surface area contributed by atoms with E-state index in [9.17, 15) is 0 Å². The number of nitrogens with zero attached hydrogens (tertiary/aromatic N) is 3. The van der Waals surface area contributed by atoms with E-state index in [1.165, 1.54) is 24.3 Å². The van der Waals surface area contributed by atoms with E-state index in [-0.39, 0.29) is 0 Å². The van der Waals surface area contributed by atoms with Gasteiger partial charge in [0.25, 0.3) is 0 Å². The zero-order chi connectivity index (χ0) is 13.1. The van der Waals surface area contributed by atoms with Gasteiger partial charge in [-0.3, -0.25) is 14.6 Å². The molecule has 0 saturated carbocycles. The Balaban J connectivity index is 1.88. The first-order chi connectivity index (χ1) is 9.34. The van der Waals surface area contributed by atoms with Gasteiger partial charge in [-0.1, -0.05) is 6.07 Å². The van der Waals surface area contributed by atoms with E-state index in [0.717, 1.165) is 18.1 Å². The Hall–Kier alpha value is -1.14. The van der Waals surface area contributed by atoms with E-state index < -0.39 is 0 Å². The van der Waals surface area contributed by atoms with E-state index >= 15 is 0 Å². The minimum atomic E-state index is 0.693. The van der Waals surface area contributed by atoms with Crippen LogP contribution >= 0.6 is 24.0 Å². The van der Waals surface area contributed by atoms with Crippen molar-refractivity contribution in [2.45, 2.75) is 19.4 Å². The molecule has 6 heteroatoms. The lowest BCUT2D eigenvalue weighted by Gasteiger charge is -2.22. The molecule has 2 aromatic rings. The molecule has 1 aliphatic rings. The second-order valence-electron chi connectivity index (χ2n) is 4.73. The Bertz CT molecular complexity index is 584. The standard InChI is InChI=1S/C13H16N4S2/c18-13-16-15-12(11-3-1-2-6-14-11)17(13)9-10-4-7-19-8-5-10/h1-3,6,10H,4-5,7-9H2,(H,16,18). The van der Waals surface area contributed by atoms with Crippen molar-refractivity contribution in [2.24, 2.45) is 5.92 Å². The molecule has 2 aromatic heterocycles. The quantitative estimate of drug-likeness (QED) is 0.883. The third-order valence-electron chi connectivity index (χ3n) is 3.43. The molecule has 3 rings (SSSR count). The molecule has 1 saturated heterocycles. The highest BCUT2D eigenvalue weighted by molar-refractivity contribution is 7.99. The van der Waals surface area contributed by atoms with Gasteiger partial charge in [0, 0.05) is 12.7 Å². The maximum atomic E-state index is 5.35. The lowest BCUT2D eigenvalue weighted by atomic mass is 10.0. The Morgan fingerprint density at radius 3 is 2.95 bits per heavy atom. The average molecular weight is 292 g/mol. The Morgan fingerprint density at radius 2 is 2.21 bits per heavy atom. The van der Waals surface area contributed by atoms with E-state index in [1.807, 2.05) is 30.0 Å². The topological polar surface area (TPSA) is 46.5 Å². The normalized spacial score (nSPS) is 16.6. The van der Waals surface area contributed by atoms with Gasteiger partial charge in [0.05, 0.1) is 0 Å². The molecule has 3 heterocycles. The van der Waals surface area contributed by atoms with Gasteiger partial charge in [0.2, 0.25) is 0 Å². The van der Waals surface area contributed by atoms with Gasteiger partial charge in [-0.15, -0.1) is 0 Å². The highest BCUT2D eigenvalue weighted by atomic mass is 32.2. The molecule has 0 amide bonds. The number of aromatic nitrogens is 4. The summed E-state index contributed by atoms with van der Waals surface area (Å²) in [6, 6.07) is 5.85. The van der Waals surface area contributed by atoms with Crippen molar-refractivity contribution in [3.8, 4) is 11.5 Å². The van der Waals surface area contributed by atoms with E-state index in [2.05, 4.69) is 19.7 Å². The lowest BCUT2D eigenvalue weighted by molar-refractivity contribution is 0.416. The van der Waals surface area contributed by atoms with Crippen molar-refractivity contribution in [1.29, 1.82) is 0 Å². The fourth-order valence-corrected chi connectivity index (χ4v) is 3.78. The molecule has 19 heavy (non-hydrogen) atoms. The van der Waals surface area contributed by atoms with Gasteiger partial charge >= 0.3 is 0 Å². The predicted octanol–water partition coefficient (Wildman–Crippen LogP) is 3.15. The zero-order valence-corrected chi connectivity index (χ0v) is 12.2. The largest absolute Gasteiger partial charge is 0.299 e. The average Bonchev–Trinajstić information content (AvgIpc) is 2.82. The lowest BCUT2D eigenvalue weighted by Crippen LogP contribution is -2.17. The first-order valence-electron chi connectivity index (χ1n) is 6.49. The fraction of sp³-hybridized carbons (Fsp3) is 0.462. The molecule has 1 N–H and O–H groups in total. The SMILES string of the molecule is S=c1[nH]nc(-c2ccccn2)n1CC1CCSCC1. The molecule has 0 bridgehead atoms. The van der Waals surface area contributed by atoms with Gasteiger partial charge in [-0.25, -0.2) is 0 Å². The number of pyridine rings is 1. The number of nitrogens with one attached hydrogen (secondary N) is 1. The number of rotatable bonds is 3. The summed E-state index contributed by atoms with van der Waals surface area (Å²) in [6.07, 6.45) is 4.31. The summed E-state index contributed by atoms with van der Waals surface area (Å²) in [7, 11) is 0. The molecule has 4 nitrogen and oxygen atoms in total. The number of hydrogen-bond donors (Lipinski definition) is 1. The Labute approximate surface area is 121 Å². The number of H-pyrrole nitrogens is 1. The van der Waals surface area contributed by atoms with Crippen molar-refractivity contribution in [3.63, 3.8) is 0 Å². The van der Waals surface area contributed by atoms with Crippen molar-refractivity contribution in [1.82, 2.24) is 19.7 Å². The third-order valence-corrected chi connectivity index (χ3v) is 4.79. The van der Waals surface area contributed by atoms with Crippen LogP contribution in [0.1, 0.15) is 12.8 Å².